The molecule has 3 N–H and O–H groups in total. The second kappa shape index (κ2) is 10.8. The van der Waals surface area contributed by atoms with E-state index in [1.807, 2.05) is 12.9 Å². The first-order valence-corrected chi connectivity index (χ1v) is 4.02. The Morgan fingerprint density at radius 2 is 1.38 bits per heavy atom. The molecule has 0 saturated carbocycles. The second-order valence-electron chi connectivity index (χ2n) is 1.57. The Morgan fingerprint density at radius 1 is 1.08 bits per heavy atom. The summed E-state index contributed by atoms with van der Waals surface area (Å²) in [6.45, 7) is 2.00. The van der Waals surface area contributed by atoms with Crippen molar-refractivity contribution in [3.8, 4) is 5.75 Å². The predicted octanol–water partition coefficient (Wildman–Crippen LogP) is 0.888. The van der Waals surface area contributed by atoms with E-state index in [4.69, 9.17) is 23.2 Å². The fourth-order valence-corrected chi connectivity index (χ4v) is 0.428. The molecule has 0 bridgehead atoms. The summed E-state index contributed by atoms with van der Waals surface area (Å²) in [4.78, 5) is 8.00. The first kappa shape index (κ1) is 14.3. The van der Waals surface area contributed by atoms with Crippen molar-refractivity contribution in [2.75, 3.05) is 0 Å². The number of aromatic hydroxyl groups is 1. The van der Waals surface area contributed by atoms with E-state index in [1.54, 1.807) is 24.3 Å². The van der Waals surface area contributed by atoms with Crippen LogP contribution in [-0.4, -0.2) is 25.2 Å². The molecule has 0 aliphatic carbocycles. The van der Waals surface area contributed by atoms with Crippen molar-refractivity contribution in [3.05, 3.63) is 30.3 Å². The zero-order chi connectivity index (χ0) is 10.7. The summed E-state index contributed by atoms with van der Waals surface area (Å²) in [7, 11) is 0. The number of phenolic OH excluding ortho intramolecular Hbond substituents is 1. The Balaban J connectivity index is 0. The van der Waals surface area contributed by atoms with Gasteiger partial charge in [0.05, 0.1) is 0 Å². The van der Waals surface area contributed by atoms with Gasteiger partial charge in [0.15, 0.2) is 0 Å². The van der Waals surface area contributed by atoms with Crippen LogP contribution in [0.3, 0.4) is 0 Å². The molecule has 0 saturated heterocycles. The fourth-order valence-electron chi connectivity index (χ4n) is 0.428. The molecule has 0 aliphatic heterocycles. The van der Waals surface area contributed by atoms with Gasteiger partial charge in [-0.1, -0.05) is 18.2 Å². The molecule has 0 heterocycles. The Labute approximate surface area is 78.1 Å². The third-order valence-electron chi connectivity index (χ3n) is 0.756. The molecule has 0 aromatic heterocycles. The van der Waals surface area contributed by atoms with Crippen LogP contribution in [0.1, 0.15) is 0 Å². The number of hydrogen-bond donors (Lipinski definition) is 3. The summed E-state index contributed by atoms with van der Waals surface area (Å²) in [6.07, 6.45) is 0. The van der Waals surface area contributed by atoms with Crippen molar-refractivity contribution in [1.29, 1.82) is 0 Å². The molecule has 13 heavy (non-hydrogen) atoms. The Bertz CT molecular complexity index is 222. The Hall–Kier alpha value is -1.24. The number of rotatable bonds is 0. The van der Waals surface area contributed by atoms with Gasteiger partial charge in [-0.25, -0.2) is 0 Å². The normalized spacial score (nSPS) is 7.62. The first-order valence-electron chi connectivity index (χ1n) is 2.95. The minimum absolute atomic E-state index is 0.322. The number of para-hydroxylation sites is 1. The van der Waals surface area contributed by atoms with E-state index in [9.17, 15) is 0 Å². The molecule has 0 aliphatic rings. The molecule has 0 amide bonds. The number of carbonyl (C=O) groups excluding carboxylic acids is 1. The lowest BCUT2D eigenvalue weighted by molar-refractivity contribution is -0.0979. The number of carbonyl (C=O) groups is 1. The molecular formula is C7H10O5S. The third-order valence-corrected chi connectivity index (χ3v) is 0.756. The molecule has 0 spiro atoms. The van der Waals surface area contributed by atoms with Crippen LogP contribution in [0, 0.1) is 0 Å². The lowest BCUT2D eigenvalue weighted by Crippen LogP contribution is -1.74. The van der Waals surface area contributed by atoms with Gasteiger partial charge >= 0.3 is 0 Å². The van der Waals surface area contributed by atoms with Gasteiger partial charge < -0.3 is 9.90 Å². The van der Waals surface area contributed by atoms with E-state index in [1.165, 1.54) is 0 Å². The van der Waals surface area contributed by atoms with E-state index in [-0.39, 0.29) is 0 Å². The zero-order valence-corrected chi connectivity index (χ0v) is 7.48. The highest BCUT2D eigenvalue weighted by atomic mass is 32.2. The average Bonchev–Trinajstić information content (AvgIpc) is 2.08. The van der Waals surface area contributed by atoms with Gasteiger partial charge in [0, 0.05) is 0 Å². The van der Waals surface area contributed by atoms with E-state index < -0.39 is 11.4 Å². The van der Waals surface area contributed by atoms with Crippen LogP contribution < -0.4 is 0 Å². The molecule has 74 valence electrons. The molecule has 1 aromatic rings. The maximum atomic E-state index is 8.67. The highest BCUT2D eigenvalue weighted by molar-refractivity contribution is 7.73. The molecular weight excluding hydrogens is 196 g/mol. The van der Waals surface area contributed by atoms with Gasteiger partial charge in [0.25, 0.3) is 11.4 Å². The van der Waals surface area contributed by atoms with Crippen LogP contribution in [-0.2, 0) is 16.2 Å². The third kappa shape index (κ3) is 18.1. The average molecular weight is 206 g/mol. The molecule has 1 aromatic carbocycles. The summed E-state index contributed by atoms with van der Waals surface area (Å²) >= 11 is -2.61. The van der Waals surface area contributed by atoms with Gasteiger partial charge in [0.1, 0.15) is 12.5 Å². The largest absolute Gasteiger partial charge is 0.508 e. The smallest absolute Gasteiger partial charge is 0.299 e. The molecule has 6 heteroatoms. The van der Waals surface area contributed by atoms with Gasteiger partial charge in [-0.2, -0.15) is 4.21 Å². The van der Waals surface area contributed by atoms with Gasteiger partial charge in [0.2, 0.25) is 0 Å². The van der Waals surface area contributed by atoms with Crippen molar-refractivity contribution in [2.24, 2.45) is 0 Å². The zero-order valence-electron chi connectivity index (χ0n) is 6.66. The minimum Gasteiger partial charge on any atom is -0.508 e. The van der Waals surface area contributed by atoms with Crippen LogP contribution in [0.25, 0.3) is 0 Å². The summed E-state index contributed by atoms with van der Waals surface area (Å²) in [5.41, 5.74) is 0. The van der Waals surface area contributed by atoms with E-state index in [0.29, 0.717) is 5.75 Å². The monoisotopic (exact) mass is 206 g/mol. The quantitative estimate of drug-likeness (QED) is 0.548. The van der Waals surface area contributed by atoms with Crippen LogP contribution in [0.2, 0.25) is 0 Å². The van der Waals surface area contributed by atoms with Crippen molar-refractivity contribution in [2.45, 2.75) is 0 Å². The molecule has 1 rings (SSSR count). The standard InChI is InChI=1S/C6H6O.CH2O.H2O3S/c7-6-4-2-1-3-5-6;1-2;1-4(2)3/h1-5,7H;1H2;(H2,1,2,3). The maximum absolute atomic E-state index is 8.67. The summed E-state index contributed by atoms with van der Waals surface area (Å²) < 4.78 is 22.8. The lowest BCUT2D eigenvalue weighted by atomic mass is 10.3. The maximum Gasteiger partial charge on any atom is 0.299 e. The van der Waals surface area contributed by atoms with Gasteiger partial charge in [-0.05, 0) is 12.1 Å². The van der Waals surface area contributed by atoms with Gasteiger partial charge in [-0.15, -0.1) is 0 Å². The number of hydrogen-bond acceptors (Lipinski definition) is 3. The SMILES string of the molecule is C=O.O=S(O)O.Oc1ccccc1. The molecule has 0 fully saturated rings. The van der Waals surface area contributed by atoms with E-state index in [2.05, 4.69) is 0 Å². The van der Waals surface area contributed by atoms with Crippen LogP contribution in [0.15, 0.2) is 30.3 Å². The van der Waals surface area contributed by atoms with Crippen LogP contribution in [0.4, 0.5) is 0 Å². The Kier molecular flexibility index (Phi) is 11.8. The Morgan fingerprint density at radius 3 is 1.54 bits per heavy atom. The summed E-state index contributed by atoms with van der Waals surface area (Å²) in [6, 6.07) is 8.71. The topological polar surface area (TPSA) is 94.8 Å². The highest BCUT2D eigenvalue weighted by Crippen LogP contribution is 2.02. The van der Waals surface area contributed by atoms with E-state index >= 15 is 0 Å². The molecule has 5 nitrogen and oxygen atoms in total. The molecule has 0 atom stereocenters. The van der Waals surface area contributed by atoms with E-state index in [0.717, 1.165) is 0 Å². The summed E-state index contributed by atoms with van der Waals surface area (Å²) in [5, 5.41) is 8.63. The van der Waals surface area contributed by atoms with Crippen LogP contribution >= 0.6 is 0 Å². The van der Waals surface area contributed by atoms with Crippen molar-refractivity contribution >= 4 is 18.2 Å². The fraction of sp³-hybridized carbons (Fsp3) is 0. The van der Waals surface area contributed by atoms with Crippen LogP contribution in [0.5, 0.6) is 5.75 Å². The predicted molar refractivity (Wildman–Crippen MR) is 48.6 cm³/mol. The minimum atomic E-state index is -2.61. The van der Waals surface area contributed by atoms with Crippen molar-refractivity contribution in [3.63, 3.8) is 0 Å². The highest BCUT2D eigenvalue weighted by Gasteiger charge is 1.74. The first-order chi connectivity index (χ1) is 6.13. The number of phenols is 1. The summed E-state index contributed by atoms with van der Waals surface area (Å²) in [5.74, 6) is 0.322. The number of benzene rings is 1. The van der Waals surface area contributed by atoms with Crippen molar-refractivity contribution in [1.82, 2.24) is 0 Å². The molecule has 0 radical (unpaired) electrons. The van der Waals surface area contributed by atoms with Crippen molar-refractivity contribution < 1.29 is 23.2 Å². The lowest BCUT2D eigenvalue weighted by Gasteiger charge is -1.82. The second-order valence-corrected chi connectivity index (χ2v) is 2.03. The molecule has 0 unspecified atom stereocenters. The van der Waals surface area contributed by atoms with Gasteiger partial charge in [-0.3, -0.25) is 9.11 Å².